The second kappa shape index (κ2) is 6.71. The van der Waals surface area contributed by atoms with Gasteiger partial charge >= 0.3 is 0 Å². The van der Waals surface area contributed by atoms with Crippen LogP contribution in [0.4, 0.5) is 0 Å². The van der Waals surface area contributed by atoms with Gasteiger partial charge in [-0.1, -0.05) is 6.92 Å². The van der Waals surface area contributed by atoms with Crippen molar-refractivity contribution in [3.05, 3.63) is 24.0 Å². The molecule has 4 nitrogen and oxygen atoms in total. The molecule has 1 atom stereocenters. The molecule has 1 heterocycles. The lowest BCUT2D eigenvalue weighted by molar-refractivity contribution is 0.0564. The first-order valence-corrected chi connectivity index (χ1v) is 6.51. The van der Waals surface area contributed by atoms with Crippen LogP contribution in [0.3, 0.4) is 0 Å². The summed E-state index contributed by atoms with van der Waals surface area (Å²) in [7, 11) is 0. The van der Waals surface area contributed by atoms with Crippen LogP contribution in [0.5, 0.6) is 5.75 Å². The Bertz CT molecular complexity index is 365. The zero-order valence-corrected chi connectivity index (χ0v) is 11.7. The van der Waals surface area contributed by atoms with Crippen LogP contribution >= 0.6 is 0 Å². The van der Waals surface area contributed by atoms with E-state index in [4.69, 9.17) is 4.74 Å². The maximum atomic E-state index is 10.4. The van der Waals surface area contributed by atoms with Gasteiger partial charge in [0.2, 0.25) is 0 Å². The molecule has 1 aromatic heterocycles. The lowest BCUT2D eigenvalue weighted by atomic mass is 9.97. The average molecular weight is 252 g/mol. The Kier molecular flexibility index (Phi) is 5.56. The number of rotatable bonds is 7. The van der Waals surface area contributed by atoms with Crippen molar-refractivity contribution in [1.29, 1.82) is 0 Å². The van der Waals surface area contributed by atoms with Crippen LogP contribution in [0.15, 0.2) is 18.5 Å². The van der Waals surface area contributed by atoms with E-state index in [0.29, 0.717) is 12.3 Å². The Morgan fingerprint density at radius 1 is 1.44 bits per heavy atom. The van der Waals surface area contributed by atoms with Gasteiger partial charge in [-0.15, -0.1) is 0 Å². The van der Waals surface area contributed by atoms with E-state index in [1.807, 2.05) is 19.9 Å². The van der Waals surface area contributed by atoms with Crippen molar-refractivity contribution in [3.8, 4) is 5.75 Å². The van der Waals surface area contributed by atoms with Crippen LogP contribution in [0.2, 0.25) is 0 Å². The summed E-state index contributed by atoms with van der Waals surface area (Å²) in [6.45, 7) is 9.22. The minimum Gasteiger partial charge on any atom is -0.489 e. The highest BCUT2D eigenvalue weighted by molar-refractivity contribution is 5.28. The highest BCUT2D eigenvalue weighted by atomic mass is 16.5. The Balaban J connectivity index is 2.74. The van der Waals surface area contributed by atoms with Crippen molar-refractivity contribution in [2.75, 3.05) is 13.1 Å². The van der Waals surface area contributed by atoms with E-state index in [9.17, 15) is 5.11 Å². The third-order valence-corrected chi connectivity index (χ3v) is 2.60. The van der Waals surface area contributed by atoms with Crippen LogP contribution < -0.4 is 10.1 Å². The maximum Gasteiger partial charge on any atom is 0.138 e. The van der Waals surface area contributed by atoms with Crippen molar-refractivity contribution in [2.24, 2.45) is 0 Å². The van der Waals surface area contributed by atoms with Crippen molar-refractivity contribution >= 4 is 0 Å². The largest absolute Gasteiger partial charge is 0.489 e. The molecular formula is C14H24N2O2. The van der Waals surface area contributed by atoms with Crippen LogP contribution in [0, 0.1) is 0 Å². The lowest BCUT2D eigenvalue weighted by Crippen LogP contribution is -2.35. The first-order chi connectivity index (χ1) is 8.45. The Labute approximate surface area is 109 Å². The predicted octanol–water partition coefficient (Wildman–Crippen LogP) is 2.08. The summed E-state index contributed by atoms with van der Waals surface area (Å²) in [6, 6.07) is 1.85. The number of hydrogen-bond donors (Lipinski definition) is 2. The third-order valence-electron chi connectivity index (χ3n) is 2.60. The van der Waals surface area contributed by atoms with Gasteiger partial charge in [0.1, 0.15) is 11.4 Å². The van der Waals surface area contributed by atoms with Crippen molar-refractivity contribution in [3.63, 3.8) is 0 Å². The standard InChI is InChI=1S/C14H24N2O2/c1-5-6-15-10-14(4,17)12-7-13(9-16-8-12)18-11(2)3/h7-9,11,15,17H,5-6,10H2,1-4H3. The van der Waals surface area contributed by atoms with Crippen LogP contribution in [-0.4, -0.2) is 29.3 Å². The molecule has 0 aromatic carbocycles. The normalized spacial score (nSPS) is 14.6. The molecule has 0 aliphatic heterocycles. The molecule has 0 radical (unpaired) electrons. The highest BCUT2D eigenvalue weighted by Gasteiger charge is 2.23. The predicted molar refractivity (Wildman–Crippen MR) is 72.7 cm³/mol. The van der Waals surface area contributed by atoms with Crippen LogP contribution in [0.25, 0.3) is 0 Å². The number of nitrogens with zero attached hydrogens (tertiary/aromatic N) is 1. The number of aliphatic hydroxyl groups is 1. The molecule has 102 valence electrons. The summed E-state index contributed by atoms with van der Waals surface area (Å²) < 4.78 is 5.58. The van der Waals surface area contributed by atoms with Gasteiger partial charge in [0.05, 0.1) is 12.3 Å². The smallest absolute Gasteiger partial charge is 0.138 e. The Morgan fingerprint density at radius 3 is 2.78 bits per heavy atom. The van der Waals surface area contributed by atoms with E-state index >= 15 is 0 Å². The second-order valence-electron chi connectivity index (χ2n) is 5.03. The fourth-order valence-electron chi connectivity index (χ4n) is 1.66. The van der Waals surface area contributed by atoms with E-state index in [0.717, 1.165) is 18.5 Å². The number of nitrogens with one attached hydrogen (secondary N) is 1. The molecule has 1 rings (SSSR count). The molecule has 4 heteroatoms. The van der Waals surface area contributed by atoms with Gasteiger partial charge in [-0.05, 0) is 39.8 Å². The first-order valence-electron chi connectivity index (χ1n) is 6.51. The van der Waals surface area contributed by atoms with Gasteiger partial charge in [-0.25, -0.2) is 0 Å². The molecule has 0 bridgehead atoms. The van der Waals surface area contributed by atoms with E-state index < -0.39 is 5.60 Å². The first kappa shape index (κ1) is 14.9. The average Bonchev–Trinajstić information content (AvgIpc) is 2.28. The number of pyridine rings is 1. The van der Waals surface area contributed by atoms with Gasteiger partial charge in [-0.2, -0.15) is 0 Å². The molecule has 0 spiro atoms. The Morgan fingerprint density at radius 2 is 2.17 bits per heavy atom. The molecule has 0 saturated carbocycles. The van der Waals surface area contributed by atoms with E-state index in [-0.39, 0.29) is 6.10 Å². The summed E-state index contributed by atoms with van der Waals surface area (Å²) in [5.41, 5.74) is -0.164. The van der Waals surface area contributed by atoms with E-state index in [1.165, 1.54) is 0 Å². The van der Waals surface area contributed by atoms with Crippen molar-refractivity contribution < 1.29 is 9.84 Å². The van der Waals surface area contributed by atoms with Crippen LogP contribution in [0.1, 0.15) is 39.7 Å². The monoisotopic (exact) mass is 252 g/mol. The highest BCUT2D eigenvalue weighted by Crippen LogP contribution is 2.23. The zero-order chi connectivity index (χ0) is 13.6. The maximum absolute atomic E-state index is 10.4. The fourth-order valence-corrected chi connectivity index (χ4v) is 1.66. The summed E-state index contributed by atoms with van der Waals surface area (Å²) >= 11 is 0. The van der Waals surface area contributed by atoms with Gasteiger partial charge in [0.25, 0.3) is 0 Å². The summed E-state index contributed by atoms with van der Waals surface area (Å²) in [6.07, 6.45) is 4.50. The quantitative estimate of drug-likeness (QED) is 0.729. The van der Waals surface area contributed by atoms with Gasteiger partial charge in [0, 0.05) is 18.3 Å². The van der Waals surface area contributed by atoms with Gasteiger partial charge in [0.15, 0.2) is 0 Å². The molecule has 1 unspecified atom stereocenters. The SMILES string of the molecule is CCCNCC(C)(O)c1cncc(OC(C)C)c1. The molecule has 0 aliphatic carbocycles. The summed E-state index contributed by atoms with van der Waals surface area (Å²) in [5.74, 6) is 0.693. The minimum atomic E-state index is -0.932. The van der Waals surface area contributed by atoms with Gasteiger partial charge < -0.3 is 15.2 Å². The molecular weight excluding hydrogens is 228 g/mol. The minimum absolute atomic E-state index is 0.102. The van der Waals surface area contributed by atoms with E-state index in [2.05, 4.69) is 17.2 Å². The number of hydrogen-bond acceptors (Lipinski definition) is 4. The molecule has 18 heavy (non-hydrogen) atoms. The molecule has 0 saturated heterocycles. The fraction of sp³-hybridized carbons (Fsp3) is 0.643. The van der Waals surface area contributed by atoms with Crippen LogP contribution in [-0.2, 0) is 5.60 Å². The zero-order valence-electron chi connectivity index (χ0n) is 11.7. The van der Waals surface area contributed by atoms with Gasteiger partial charge in [-0.3, -0.25) is 4.98 Å². The summed E-state index contributed by atoms with van der Waals surface area (Å²) in [4.78, 5) is 4.12. The topological polar surface area (TPSA) is 54.4 Å². The molecule has 0 aliphatic rings. The summed E-state index contributed by atoms with van der Waals surface area (Å²) in [5, 5.41) is 13.6. The van der Waals surface area contributed by atoms with E-state index in [1.54, 1.807) is 19.3 Å². The molecule has 0 amide bonds. The molecule has 1 aromatic rings. The third kappa shape index (κ3) is 4.63. The number of aromatic nitrogens is 1. The second-order valence-corrected chi connectivity index (χ2v) is 5.03. The molecule has 0 fully saturated rings. The van der Waals surface area contributed by atoms with Crippen molar-refractivity contribution in [2.45, 2.75) is 45.8 Å². The lowest BCUT2D eigenvalue weighted by Gasteiger charge is -2.24. The van der Waals surface area contributed by atoms with Crippen molar-refractivity contribution in [1.82, 2.24) is 10.3 Å². The Hall–Kier alpha value is -1.13. The number of ether oxygens (including phenoxy) is 1. The molecule has 2 N–H and O–H groups in total.